The van der Waals surface area contributed by atoms with Crippen molar-refractivity contribution in [2.24, 2.45) is 5.92 Å². The van der Waals surface area contributed by atoms with E-state index in [9.17, 15) is 9.59 Å². The zero-order chi connectivity index (χ0) is 27.0. The minimum atomic E-state index is -1.08. The summed E-state index contributed by atoms with van der Waals surface area (Å²) in [7, 11) is 1.34. The minimum Gasteiger partial charge on any atom is -0.465 e. The van der Waals surface area contributed by atoms with Crippen LogP contribution in [0.4, 0.5) is 0 Å². The van der Waals surface area contributed by atoms with Crippen LogP contribution in [0.2, 0.25) is 5.02 Å². The molecule has 1 saturated heterocycles. The molecule has 0 radical (unpaired) electrons. The normalized spacial score (nSPS) is 25.2. The minimum absolute atomic E-state index is 0.0178. The van der Waals surface area contributed by atoms with Crippen molar-refractivity contribution in [1.82, 2.24) is 9.88 Å². The van der Waals surface area contributed by atoms with E-state index in [-0.39, 0.29) is 28.8 Å². The predicted octanol–water partition coefficient (Wildman–Crippen LogP) is 6.12. The van der Waals surface area contributed by atoms with Gasteiger partial charge < -0.3 is 14.4 Å². The molecule has 1 aliphatic heterocycles. The molecule has 1 saturated carbocycles. The Morgan fingerprint density at radius 2 is 1.92 bits per heavy atom. The van der Waals surface area contributed by atoms with Crippen LogP contribution in [0.25, 0.3) is 0 Å². The van der Waals surface area contributed by atoms with Gasteiger partial charge in [0.25, 0.3) is 5.91 Å². The van der Waals surface area contributed by atoms with E-state index in [2.05, 4.69) is 30.7 Å². The summed E-state index contributed by atoms with van der Waals surface area (Å²) in [6, 6.07) is 11.1. The maximum atomic E-state index is 14.4. The lowest BCUT2D eigenvalue weighted by Gasteiger charge is -2.51. The molecule has 37 heavy (non-hydrogen) atoms. The van der Waals surface area contributed by atoms with Crippen LogP contribution in [-0.2, 0) is 20.7 Å². The van der Waals surface area contributed by atoms with Crippen molar-refractivity contribution in [2.45, 2.75) is 82.4 Å². The first-order valence-electron chi connectivity index (χ1n) is 12.8. The summed E-state index contributed by atoms with van der Waals surface area (Å²) < 4.78 is 11.4. The standard InChI is InChI=1S/C29H37ClN2O4S/c1-18-25(20-9-12-22(30)13-10-20)32(24(19-7-8-19)17-37-28(2,3)4)27(34)29(5,36-18)15-23-14-11-21(16-31-23)26(33)35-6/h9-14,16,18-19,24-25H,7-8,15,17H2,1-6H3/t18-,24?,25+,29-/m1/s1. The number of pyridine rings is 1. The SMILES string of the molecule is COC(=O)c1ccc(C[C@@]2(C)O[C@H](C)[C@@H](c3ccc(Cl)cc3)N(C(CSC(C)(C)C)C3CC3)C2=O)nc1. The average molecular weight is 545 g/mol. The smallest absolute Gasteiger partial charge is 0.339 e. The van der Waals surface area contributed by atoms with E-state index >= 15 is 0 Å². The van der Waals surface area contributed by atoms with Crippen LogP contribution in [-0.4, -0.2) is 57.1 Å². The van der Waals surface area contributed by atoms with Crippen LogP contribution < -0.4 is 0 Å². The van der Waals surface area contributed by atoms with E-state index in [4.69, 9.17) is 21.1 Å². The fraction of sp³-hybridized carbons (Fsp3) is 0.552. The number of hydrogen-bond acceptors (Lipinski definition) is 6. The lowest BCUT2D eigenvalue weighted by Crippen LogP contribution is -2.63. The van der Waals surface area contributed by atoms with Gasteiger partial charge in [-0.2, -0.15) is 11.8 Å². The molecule has 8 heteroatoms. The molecule has 4 rings (SSSR count). The first-order chi connectivity index (χ1) is 17.4. The number of carbonyl (C=O) groups is 2. The molecule has 4 atom stereocenters. The summed E-state index contributed by atoms with van der Waals surface area (Å²) >= 11 is 8.10. The molecule has 2 heterocycles. The Morgan fingerprint density at radius 1 is 1.24 bits per heavy atom. The van der Waals surface area contributed by atoms with Crippen molar-refractivity contribution in [1.29, 1.82) is 0 Å². The van der Waals surface area contributed by atoms with Crippen molar-refractivity contribution in [3.8, 4) is 0 Å². The number of morpholine rings is 1. The molecule has 0 bridgehead atoms. The number of rotatable bonds is 8. The molecule has 2 fully saturated rings. The number of carbonyl (C=O) groups excluding carboxylic acids is 2. The average Bonchev–Trinajstić information content (AvgIpc) is 3.68. The van der Waals surface area contributed by atoms with Gasteiger partial charge in [-0.05, 0) is 62.4 Å². The van der Waals surface area contributed by atoms with E-state index in [1.165, 1.54) is 13.3 Å². The molecule has 1 amide bonds. The van der Waals surface area contributed by atoms with Gasteiger partial charge in [0, 0.05) is 39.9 Å². The Hall–Kier alpha value is -2.09. The van der Waals surface area contributed by atoms with Crippen LogP contribution in [0.5, 0.6) is 0 Å². The first-order valence-corrected chi connectivity index (χ1v) is 14.2. The van der Waals surface area contributed by atoms with Crippen LogP contribution >= 0.6 is 23.4 Å². The van der Waals surface area contributed by atoms with E-state index < -0.39 is 11.6 Å². The van der Waals surface area contributed by atoms with Crippen LogP contribution in [0.3, 0.4) is 0 Å². The zero-order valence-electron chi connectivity index (χ0n) is 22.5. The van der Waals surface area contributed by atoms with Gasteiger partial charge in [0.15, 0.2) is 0 Å². The van der Waals surface area contributed by atoms with E-state index in [0.29, 0.717) is 28.6 Å². The topological polar surface area (TPSA) is 68.7 Å². The highest BCUT2D eigenvalue weighted by molar-refractivity contribution is 8.00. The molecule has 1 aliphatic carbocycles. The van der Waals surface area contributed by atoms with E-state index in [1.54, 1.807) is 12.1 Å². The van der Waals surface area contributed by atoms with Crippen molar-refractivity contribution in [2.75, 3.05) is 12.9 Å². The molecule has 2 aliphatic rings. The van der Waals surface area contributed by atoms with E-state index in [1.807, 2.05) is 49.9 Å². The highest BCUT2D eigenvalue weighted by Gasteiger charge is 2.53. The van der Waals surface area contributed by atoms with E-state index in [0.717, 1.165) is 24.2 Å². The Kier molecular flexibility index (Phi) is 8.27. The second kappa shape index (κ2) is 11.0. The Morgan fingerprint density at radius 3 is 2.46 bits per heavy atom. The third-order valence-corrected chi connectivity index (χ3v) is 8.69. The number of amides is 1. The number of thioether (sulfide) groups is 1. The highest BCUT2D eigenvalue weighted by atomic mass is 35.5. The second-order valence-corrected chi connectivity index (χ2v) is 13.6. The zero-order valence-corrected chi connectivity index (χ0v) is 24.1. The quantitative estimate of drug-likeness (QED) is 0.373. The van der Waals surface area contributed by atoms with Gasteiger partial charge in [-0.1, -0.05) is 44.5 Å². The number of benzene rings is 1. The maximum Gasteiger partial charge on any atom is 0.339 e. The van der Waals surface area contributed by atoms with Gasteiger partial charge in [0.1, 0.15) is 5.60 Å². The Bertz CT molecular complexity index is 1110. The first kappa shape index (κ1) is 27.9. The third kappa shape index (κ3) is 6.50. The van der Waals surface area contributed by atoms with Crippen molar-refractivity contribution < 1.29 is 19.1 Å². The predicted molar refractivity (Wildman–Crippen MR) is 148 cm³/mol. The summed E-state index contributed by atoms with van der Waals surface area (Å²) in [5.74, 6) is 0.902. The summed E-state index contributed by atoms with van der Waals surface area (Å²) in [5, 5.41) is 0.666. The van der Waals surface area contributed by atoms with Crippen LogP contribution in [0, 0.1) is 5.92 Å². The molecular weight excluding hydrogens is 508 g/mol. The van der Waals surface area contributed by atoms with Gasteiger partial charge >= 0.3 is 5.97 Å². The molecule has 2 aromatic rings. The molecule has 1 unspecified atom stereocenters. The molecule has 200 valence electrons. The van der Waals surface area contributed by atoms with Crippen LogP contribution in [0.15, 0.2) is 42.6 Å². The lowest BCUT2D eigenvalue weighted by molar-refractivity contribution is -0.198. The monoisotopic (exact) mass is 544 g/mol. The number of esters is 1. The molecule has 0 N–H and O–H groups in total. The van der Waals surface area contributed by atoms with Gasteiger partial charge in [-0.15, -0.1) is 0 Å². The lowest BCUT2D eigenvalue weighted by atomic mass is 9.88. The number of methoxy groups -OCH3 is 1. The largest absolute Gasteiger partial charge is 0.465 e. The van der Waals surface area contributed by atoms with Crippen molar-refractivity contribution in [3.05, 3.63) is 64.4 Å². The molecular formula is C29H37ClN2O4S. The second-order valence-electron chi connectivity index (χ2n) is 11.3. The third-order valence-electron chi connectivity index (χ3n) is 7.06. The summed E-state index contributed by atoms with van der Waals surface area (Å²) in [6.45, 7) is 10.6. The summed E-state index contributed by atoms with van der Waals surface area (Å²) in [4.78, 5) is 32.8. The number of ether oxygens (including phenoxy) is 2. The van der Waals surface area contributed by atoms with Crippen LogP contribution in [0.1, 0.15) is 75.1 Å². The van der Waals surface area contributed by atoms with Crippen molar-refractivity contribution in [3.63, 3.8) is 0 Å². The molecule has 0 spiro atoms. The number of nitrogens with zero attached hydrogens (tertiary/aromatic N) is 2. The number of aromatic nitrogens is 1. The fourth-order valence-electron chi connectivity index (χ4n) is 5.09. The number of halogens is 1. The van der Waals surface area contributed by atoms with Gasteiger partial charge in [-0.3, -0.25) is 9.78 Å². The Balaban J connectivity index is 1.69. The Labute approximate surface area is 229 Å². The summed E-state index contributed by atoms with van der Waals surface area (Å²) in [5.41, 5.74) is 1.01. The molecule has 1 aromatic heterocycles. The van der Waals surface area contributed by atoms with Gasteiger partial charge in [-0.25, -0.2) is 4.79 Å². The molecule has 1 aromatic carbocycles. The maximum absolute atomic E-state index is 14.4. The number of hydrogen-bond donors (Lipinski definition) is 0. The van der Waals surface area contributed by atoms with Gasteiger partial charge in [0.05, 0.1) is 24.8 Å². The summed E-state index contributed by atoms with van der Waals surface area (Å²) in [6.07, 6.45) is 3.83. The fourth-order valence-corrected chi connectivity index (χ4v) is 6.32. The van der Waals surface area contributed by atoms with Gasteiger partial charge in [0.2, 0.25) is 0 Å². The highest BCUT2D eigenvalue weighted by Crippen LogP contribution is 2.46. The van der Waals surface area contributed by atoms with Crippen molar-refractivity contribution >= 4 is 35.2 Å². The molecule has 6 nitrogen and oxygen atoms in total.